The van der Waals surface area contributed by atoms with Gasteiger partial charge in [-0.3, -0.25) is 4.79 Å². The second-order valence-electron chi connectivity index (χ2n) is 6.27. The molecule has 1 amide bonds. The summed E-state index contributed by atoms with van der Waals surface area (Å²) < 4.78 is 39.8. The molecule has 0 radical (unpaired) electrons. The molecule has 1 aliphatic heterocycles. The van der Waals surface area contributed by atoms with E-state index in [0.29, 0.717) is 35.1 Å². The summed E-state index contributed by atoms with van der Waals surface area (Å²) >= 11 is 11.8. The average Bonchev–Trinajstić information content (AvgIpc) is 2.65. The van der Waals surface area contributed by atoms with E-state index < -0.39 is 21.8 Å². The van der Waals surface area contributed by atoms with E-state index in [1.54, 1.807) is 12.1 Å². The molecule has 0 saturated carbocycles. The molecule has 1 aliphatic rings. The second kappa shape index (κ2) is 8.14. The Morgan fingerprint density at radius 3 is 2.48 bits per heavy atom. The number of sulfonamides is 1. The zero-order chi connectivity index (χ0) is 19.6. The summed E-state index contributed by atoms with van der Waals surface area (Å²) in [5.41, 5.74) is 0.493. The molecule has 9 heteroatoms. The number of benzene rings is 2. The molecule has 0 bridgehead atoms. The fourth-order valence-electron chi connectivity index (χ4n) is 2.95. The number of rotatable bonds is 4. The fraction of sp³-hybridized carbons (Fsp3) is 0.278. The van der Waals surface area contributed by atoms with Crippen molar-refractivity contribution in [2.75, 3.05) is 18.4 Å². The lowest BCUT2D eigenvalue weighted by Crippen LogP contribution is -2.43. The van der Waals surface area contributed by atoms with Crippen molar-refractivity contribution in [3.63, 3.8) is 0 Å². The number of nitrogens with zero attached hydrogens (tertiary/aromatic N) is 1. The van der Waals surface area contributed by atoms with E-state index in [1.165, 1.54) is 22.5 Å². The van der Waals surface area contributed by atoms with Crippen molar-refractivity contribution in [1.82, 2.24) is 4.31 Å². The first kappa shape index (κ1) is 20.1. The van der Waals surface area contributed by atoms with Crippen LogP contribution in [0.15, 0.2) is 47.4 Å². The van der Waals surface area contributed by atoms with Gasteiger partial charge >= 0.3 is 0 Å². The van der Waals surface area contributed by atoms with Crippen LogP contribution in [0.3, 0.4) is 0 Å². The minimum atomic E-state index is -3.78. The molecule has 2 aromatic rings. The molecule has 27 heavy (non-hydrogen) atoms. The Morgan fingerprint density at radius 1 is 1.11 bits per heavy atom. The number of amides is 1. The summed E-state index contributed by atoms with van der Waals surface area (Å²) in [5.74, 6) is -1.29. The van der Waals surface area contributed by atoms with Gasteiger partial charge in [-0.1, -0.05) is 23.2 Å². The normalized spacial score (nSPS) is 18.3. The first-order valence-electron chi connectivity index (χ1n) is 8.29. The third-order valence-corrected chi connectivity index (χ3v) is 7.01. The molecule has 1 atom stereocenters. The molecule has 1 N–H and O–H groups in total. The van der Waals surface area contributed by atoms with Crippen molar-refractivity contribution in [3.8, 4) is 0 Å². The van der Waals surface area contributed by atoms with Gasteiger partial charge in [-0.15, -0.1) is 0 Å². The third-order valence-electron chi connectivity index (χ3n) is 4.39. The standard InChI is InChI=1S/C18H17Cl2FN2O3S/c19-16-8-5-14(10-17(16)20)22-18(24)12-2-1-9-23(11-12)27(25,26)15-6-3-13(21)4-7-15/h3-8,10,12H,1-2,9,11H2,(H,22,24). The molecule has 1 unspecified atom stereocenters. The Labute approximate surface area is 167 Å². The van der Waals surface area contributed by atoms with E-state index in [9.17, 15) is 17.6 Å². The fourth-order valence-corrected chi connectivity index (χ4v) is 4.77. The topological polar surface area (TPSA) is 66.5 Å². The van der Waals surface area contributed by atoms with Crippen LogP contribution in [-0.2, 0) is 14.8 Å². The SMILES string of the molecule is O=C(Nc1ccc(Cl)c(Cl)c1)C1CCCN(S(=O)(=O)c2ccc(F)cc2)C1. The van der Waals surface area contributed by atoms with Gasteiger partial charge in [0.1, 0.15) is 5.82 Å². The van der Waals surface area contributed by atoms with Gasteiger partial charge in [-0.05, 0) is 55.3 Å². The highest BCUT2D eigenvalue weighted by molar-refractivity contribution is 7.89. The summed E-state index contributed by atoms with van der Waals surface area (Å²) in [7, 11) is -3.78. The monoisotopic (exact) mass is 430 g/mol. The third kappa shape index (κ3) is 4.60. The summed E-state index contributed by atoms with van der Waals surface area (Å²) in [6.07, 6.45) is 1.13. The molecule has 2 aromatic carbocycles. The Morgan fingerprint density at radius 2 is 1.81 bits per heavy atom. The predicted octanol–water partition coefficient (Wildman–Crippen LogP) is 4.17. The van der Waals surface area contributed by atoms with Gasteiger partial charge in [-0.25, -0.2) is 12.8 Å². The number of piperidine rings is 1. The molecule has 0 spiro atoms. The van der Waals surface area contributed by atoms with Crippen LogP contribution >= 0.6 is 23.2 Å². The Bertz CT molecular complexity index is 952. The molecule has 144 valence electrons. The average molecular weight is 431 g/mol. The molecule has 3 rings (SSSR count). The van der Waals surface area contributed by atoms with Crippen molar-refractivity contribution in [3.05, 3.63) is 58.3 Å². The van der Waals surface area contributed by atoms with Gasteiger partial charge in [0.25, 0.3) is 0 Å². The summed E-state index contributed by atoms with van der Waals surface area (Å²) in [5, 5.41) is 3.44. The van der Waals surface area contributed by atoms with Crippen LogP contribution in [0.1, 0.15) is 12.8 Å². The van der Waals surface area contributed by atoms with E-state index in [2.05, 4.69) is 5.32 Å². The number of halogens is 3. The molecule has 5 nitrogen and oxygen atoms in total. The molecule has 1 fully saturated rings. The van der Waals surface area contributed by atoms with E-state index in [0.717, 1.165) is 12.1 Å². The van der Waals surface area contributed by atoms with Crippen LogP contribution in [0, 0.1) is 11.7 Å². The summed E-state index contributed by atoms with van der Waals surface area (Å²) in [6, 6.07) is 9.40. The van der Waals surface area contributed by atoms with Crippen LogP contribution in [0.5, 0.6) is 0 Å². The van der Waals surface area contributed by atoms with E-state index >= 15 is 0 Å². The first-order valence-corrected chi connectivity index (χ1v) is 10.5. The number of nitrogens with one attached hydrogen (secondary N) is 1. The van der Waals surface area contributed by atoms with E-state index in [-0.39, 0.29) is 17.3 Å². The van der Waals surface area contributed by atoms with Crippen molar-refractivity contribution >= 4 is 44.8 Å². The number of carbonyl (C=O) groups excluding carboxylic acids is 1. The van der Waals surface area contributed by atoms with Gasteiger partial charge in [0.2, 0.25) is 15.9 Å². The largest absolute Gasteiger partial charge is 0.326 e. The van der Waals surface area contributed by atoms with Crippen molar-refractivity contribution in [2.45, 2.75) is 17.7 Å². The summed E-state index contributed by atoms with van der Waals surface area (Å²) in [4.78, 5) is 12.6. The van der Waals surface area contributed by atoms with Crippen LogP contribution in [0.25, 0.3) is 0 Å². The Balaban J connectivity index is 1.72. The quantitative estimate of drug-likeness (QED) is 0.790. The molecular formula is C18H17Cl2FN2O3S. The molecule has 0 aliphatic carbocycles. The summed E-state index contributed by atoms with van der Waals surface area (Å²) in [6.45, 7) is 0.378. The van der Waals surface area contributed by atoms with E-state index in [1.807, 2.05) is 0 Å². The van der Waals surface area contributed by atoms with Gasteiger partial charge < -0.3 is 5.32 Å². The van der Waals surface area contributed by atoms with Crippen LogP contribution in [0.4, 0.5) is 10.1 Å². The number of carbonyl (C=O) groups is 1. The minimum Gasteiger partial charge on any atom is -0.326 e. The lowest BCUT2D eigenvalue weighted by atomic mass is 9.99. The number of anilines is 1. The van der Waals surface area contributed by atoms with Crippen LogP contribution in [0.2, 0.25) is 10.0 Å². The highest BCUT2D eigenvalue weighted by atomic mass is 35.5. The van der Waals surface area contributed by atoms with Crippen molar-refractivity contribution in [2.24, 2.45) is 5.92 Å². The van der Waals surface area contributed by atoms with Gasteiger partial charge in [0.05, 0.1) is 20.9 Å². The minimum absolute atomic E-state index is 0.00874. The zero-order valence-electron chi connectivity index (χ0n) is 14.2. The lowest BCUT2D eigenvalue weighted by molar-refractivity contribution is -0.120. The molecule has 1 heterocycles. The zero-order valence-corrected chi connectivity index (χ0v) is 16.5. The van der Waals surface area contributed by atoms with Crippen molar-refractivity contribution < 1.29 is 17.6 Å². The lowest BCUT2D eigenvalue weighted by Gasteiger charge is -2.31. The maximum Gasteiger partial charge on any atom is 0.243 e. The van der Waals surface area contributed by atoms with Crippen LogP contribution < -0.4 is 5.32 Å². The number of hydrogen-bond acceptors (Lipinski definition) is 3. The second-order valence-corrected chi connectivity index (χ2v) is 9.03. The Kier molecular flexibility index (Phi) is 6.05. The molecule has 0 aromatic heterocycles. The van der Waals surface area contributed by atoms with Crippen LogP contribution in [-0.4, -0.2) is 31.7 Å². The van der Waals surface area contributed by atoms with Crippen molar-refractivity contribution in [1.29, 1.82) is 0 Å². The Hall–Kier alpha value is -1.67. The molecular weight excluding hydrogens is 414 g/mol. The van der Waals surface area contributed by atoms with Gasteiger partial charge in [0.15, 0.2) is 0 Å². The maximum atomic E-state index is 13.1. The first-order chi connectivity index (χ1) is 12.8. The van der Waals surface area contributed by atoms with E-state index in [4.69, 9.17) is 23.2 Å². The highest BCUT2D eigenvalue weighted by Crippen LogP contribution is 2.27. The van der Waals surface area contributed by atoms with Gasteiger partial charge in [-0.2, -0.15) is 4.31 Å². The highest BCUT2D eigenvalue weighted by Gasteiger charge is 2.33. The smallest absolute Gasteiger partial charge is 0.243 e. The maximum absolute atomic E-state index is 13.1. The number of hydrogen-bond donors (Lipinski definition) is 1. The van der Waals surface area contributed by atoms with Gasteiger partial charge in [0, 0.05) is 18.8 Å². The predicted molar refractivity (Wildman–Crippen MR) is 103 cm³/mol. The molecule has 1 saturated heterocycles.